The molecule has 2 N–H and O–H groups in total. The SMILES string of the molecule is O=C(CO)NC1CCN(CCOc2ccc(OCCCc3ccccc3)cc2)CC1. The number of aliphatic hydroxyl groups is 1. The number of rotatable bonds is 11. The van der Waals surface area contributed by atoms with E-state index in [2.05, 4.69) is 34.5 Å². The maximum absolute atomic E-state index is 11.2. The number of aryl methyl sites for hydroxylation is 1. The van der Waals surface area contributed by atoms with Crippen LogP contribution in [0.2, 0.25) is 0 Å². The van der Waals surface area contributed by atoms with Crippen molar-refractivity contribution in [3.8, 4) is 11.5 Å². The highest BCUT2D eigenvalue weighted by atomic mass is 16.5. The molecule has 0 aliphatic carbocycles. The summed E-state index contributed by atoms with van der Waals surface area (Å²) in [4.78, 5) is 13.6. The Kier molecular flexibility index (Phi) is 9.00. The first kappa shape index (κ1) is 22.1. The summed E-state index contributed by atoms with van der Waals surface area (Å²) in [5, 5.41) is 11.7. The Balaban J connectivity index is 1.27. The number of ether oxygens (including phenoxy) is 2. The Morgan fingerprint density at radius 2 is 1.60 bits per heavy atom. The van der Waals surface area contributed by atoms with Crippen LogP contribution in [0, 0.1) is 0 Å². The molecule has 30 heavy (non-hydrogen) atoms. The smallest absolute Gasteiger partial charge is 0.245 e. The number of nitrogens with zero attached hydrogens (tertiary/aromatic N) is 1. The quantitative estimate of drug-likeness (QED) is 0.555. The third-order valence-electron chi connectivity index (χ3n) is 5.32. The van der Waals surface area contributed by atoms with E-state index in [1.807, 2.05) is 30.3 Å². The van der Waals surface area contributed by atoms with Gasteiger partial charge in [-0.3, -0.25) is 9.69 Å². The number of hydrogen-bond acceptors (Lipinski definition) is 5. The van der Waals surface area contributed by atoms with Gasteiger partial charge in [-0.15, -0.1) is 0 Å². The van der Waals surface area contributed by atoms with Crippen molar-refractivity contribution in [3.05, 3.63) is 60.2 Å². The van der Waals surface area contributed by atoms with E-state index in [1.54, 1.807) is 0 Å². The van der Waals surface area contributed by atoms with E-state index in [0.29, 0.717) is 13.2 Å². The zero-order valence-corrected chi connectivity index (χ0v) is 17.5. The standard InChI is InChI=1S/C24H32N2O4/c27-19-24(28)25-21-12-14-26(15-13-21)16-18-30-23-10-8-22(9-11-23)29-17-4-7-20-5-2-1-3-6-20/h1-3,5-6,8-11,21,27H,4,7,12-19H2,(H,25,28). The molecule has 0 spiro atoms. The number of nitrogens with one attached hydrogen (secondary N) is 1. The number of likely N-dealkylation sites (tertiary alicyclic amines) is 1. The largest absolute Gasteiger partial charge is 0.494 e. The van der Waals surface area contributed by atoms with Gasteiger partial charge in [0.15, 0.2) is 0 Å². The van der Waals surface area contributed by atoms with Gasteiger partial charge in [-0.1, -0.05) is 30.3 Å². The first-order valence-electron chi connectivity index (χ1n) is 10.7. The van der Waals surface area contributed by atoms with Crippen LogP contribution in [0.15, 0.2) is 54.6 Å². The molecule has 0 radical (unpaired) electrons. The number of hydrogen-bond donors (Lipinski definition) is 2. The first-order chi connectivity index (χ1) is 14.7. The number of carbonyl (C=O) groups is 1. The van der Waals surface area contributed by atoms with Gasteiger partial charge >= 0.3 is 0 Å². The summed E-state index contributed by atoms with van der Waals surface area (Å²) in [6, 6.07) is 18.4. The van der Waals surface area contributed by atoms with Crippen molar-refractivity contribution in [2.24, 2.45) is 0 Å². The highest BCUT2D eigenvalue weighted by Crippen LogP contribution is 2.18. The first-order valence-corrected chi connectivity index (χ1v) is 10.7. The van der Waals surface area contributed by atoms with E-state index >= 15 is 0 Å². The average molecular weight is 413 g/mol. The minimum absolute atomic E-state index is 0.169. The molecular formula is C24H32N2O4. The zero-order valence-electron chi connectivity index (χ0n) is 17.5. The van der Waals surface area contributed by atoms with Gasteiger partial charge in [-0.2, -0.15) is 0 Å². The molecule has 1 heterocycles. The van der Waals surface area contributed by atoms with Gasteiger partial charge in [0, 0.05) is 25.7 Å². The Morgan fingerprint density at radius 3 is 2.23 bits per heavy atom. The van der Waals surface area contributed by atoms with Crippen molar-refractivity contribution in [2.45, 2.75) is 31.7 Å². The monoisotopic (exact) mass is 412 g/mol. The van der Waals surface area contributed by atoms with Crippen molar-refractivity contribution < 1.29 is 19.4 Å². The van der Waals surface area contributed by atoms with Crippen LogP contribution >= 0.6 is 0 Å². The van der Waals surface area contributed by atoms with Crippen molar-refractivity contribution in [3.63, 3.8) is 0 Å². The average Bonchev–Trinajstić information content (AvgIpc) is 2.79. The number of aliphatic hydroxyl groups excluding tert-OH is 1. The maximum atomic E-state index is 11.2. The third kappa shape index (κ3) is 7.69. The molecule has 162 valence electrons. The van der Waals surface area contributed by atoms with E-state index in [-0.39, 0.29) is 11.9 Å². The number of carbonyl (C=O) groups excluding carboxylic acids is 1. The predicted molar refractivity (Wildman–Crippen MR) is 117 cm³/mol. The van der Waals surface area contributed by atoms with E-state index in [9.17, 15) is 4.79 Å². The molecule has 0 atom stereocenters. The molecular weight excluding hydrogens is 380 g/mol. The molecule has 2 aromatic carbocycles. The van der Waals surface area contributed by atoms with Crippen molar-refractivity contribution in [1.29, 1.82) is 0 Å². The summed E-state index contributed by atoms with van der Waals surface area (Å²) < 4.78 is 11.7. The lowest BCUT2D eigenvalue weighted by molar-refractivity contribution is -0.124. The number of amides is 1. The van der Waals surface area contributed by atoms with Gasteiger partial charge in [0.25, 0.3) is 0 Å². The summed E-state index contributed by atoms with van der Waals surface area (Å²) in [5.74, 6) is 1.42. The van der Waals surface area contributed by atoms with Crippen LogP contribution in [-0.4, -0.2) is 61.4 Å². The normalized spacial score (nSPS) is 15.0. The molecule has 1 aliphatic heterocycles. The Morgan fingerprint density at radius 1 is 0.967 bits per heavy atom. The second-order valence-electron chi connectivity index (χ2n) is 7.60. The van der Waals surface area contributed by atoms with Gasteiger partial charge in [0.1, 0.15) is 24.7 Å². The summed E-state index contributed by atoms with van der Waals surface area (Å²) >= 11 is 0. The van der Waals surface area contributed by atoms with Crippen molar-refractivity contribution >= 4 is 5.91 Å². The number of piperidine rings is 1. The van der Waals surface area contributed by atoms with Crippen molar-refractivity contribution in [2.75, 3.05) is 39.5 Å². The van der Waals surface area contributed by atoms with Crippen molar-refractivity contribution in [1.82, 2.24) is 10.2 Å². The molecule has 0 saturated carbocycles. The Bertz CT molecular complexity index is 744. The molecule has 6 nitrogen and oxygen atoms in total. The van der Waals surface area contributed by atoms with Crippen LogP contribution in [0.25, 0.3) is 0 Å². The van der Waals surface area contributed by atoms with E-state index in [1.165, 1.54) is 5.56 Å². The third-order valence-corrected chi connectivity index (χ3v) is 5.32. The lowest BCUT2D eigenvalue weighted by Gasteiger charge is -2.32. The maximum Gasteiger partial charge on any atom is 0.245 e. The lowest BCUT2D eigenvalue weighted by Crippen LogP contribution is -2.46. The second kappa shape index (κ2) is 12.2. The van der Waals surface area contributed by atoms with Gasteiger partial charge < -0.3 is 19.9 Å². The van der Waals surface area contributed by atoms with Crippen LogP contribution in [0.4, 0.5) is 0 Å². The molecule has 0 bridgehead atoms. The Hall–Kier alpha value is -2.57. The molecule has 2 aromatic rings. The molecule has 1 fully saturated rings. The van der Waals surface area contributed by atoms with Gasteiger partial charge in [0.2, 0.25) is 5.91 Å². The number of benzene rings is 2. The summed E-state index contributed by atoms with van der Waals surface area (Å²) in [6.07, 6.45) is 3.82. The van der Waals surface area contributed by atoms with Crippen LogP contribution < -0.4 is 14.8 Å². The molecule has 1 saturated heterocycles. The van der Waals surface area contributed by atoms with Crippen LogP contribution in [-0.2, 0) is 11.2 Å². The minimum Gasteiger partial charge on any atom is -0.494 e. The van der Waals surface area contributed by atoms with E-state index in [4.69, 9.17) is 14.6 Å². The van der Waals surface area contributed by atoms with Gasteiger partial charge in [0.05, 0.1) is 6.61 Å². The van der Waals surface area contributed by atoms with Crippen LogP contribution in [0.5, 0.6) is 11.5 Å². The highest BCUT2D eigenvalue weighted by Gasteiger charge is 2.20. The predicted octanol–water partition coefficient (Wildman–Crippen LogP) is 2.65. The lowest BCUT2D eigenvalue weighted by atomic mass is 10.1. The minimum atomic E-state index is -0.439. The van der Waals surface area contributed by atoms with E-state index < -0.39 is 6.61 Å². The fraction of sp³-hybridized carbons (Fsp3) is 0.458. The molecule has 1 amide bonds. The van der Waals surface area contributed by atoms with Gasteiger partial charge in [-0.05, 0) is 55.5 Å². The molecule has 1 aliphatic rings. The highest BCUT2D eigenvalue weighted by molar-refractivity contribution is 5.77. The molecule has 3 rings (SSSR count). The topological polar surface area (TPSA) is 71.0 Å². The van der Waals surface area contributed by atoms with Gasteiger partial charge in [-0.25, -0.2) is 0 Å². The summed E-state index contributed by atoms with van der Waals surface area (Å²) in [6.45, 7) is 3.60. The zero-order chi connectivity index (χ0) is 21.0. The van der Waals surface area contributed by atoms with Crippen LogP contribution in [0.3, 0.4) is 0 Å². The molecule has 0 unspecified atom stereocenters. The summed E-state index contributed by atoms with van der Waals surface area (Å²) in [7, 11) is 0. The fourth-order valence-electron chi connectivity index (χ4n) is 3.61. The fourth-order valence-corrected chi connectivity index (χ4v) is 3.61. The van der Waals surface area contributed by atoms with E-state index in [0.717, 1.165) is 56.8 Å². The molecule has 0 aromatic heterocycles. The second-order valence-corrected chi connectivity index (χ2v) is 7.60. The summed E-state index contributed by atoms with van der Waals surface area (Å²) in [5.41, 5.74) is 1.34. The van der Waals surface area contributed by atoms with Crippen LogP contribution in [0.1, 0.15) is 24.8 Å². The molecule has 6 heteroatoms. The Labute approximate surface area is 178 Å².